The van der Waals surface area contributed by atoms with Gasteiger partial charge in [-0.25, -0.2) is 8.42 Å². The van der Waals surface area contributed by atoms with Crippen molar-refractivity contribution in [3.05, 3.63) is 53.6 Å². The quantitative estimate of drug-likeness (QED) is 0.793. The highest BCUT2D eigenvalue weighted by molar-refractivity contribution is 7.89. The van der Waals surface area contributed by atoms with E-state index in [0.717, 1.165) is 24.0 Å². The molecule has 0 radical (unpaired) electrons. The Hall–Kier alpha value is -2.38. The van der Waals surface area contributed by atoms with Gasteiger partial charge in [0, 0.05) is 19.5 Å². The molecular formula is C21H24N2O4S. The lowest BCUT2D eigenvalue weighted by molar-refractivity contribution is -0.116. The summed E-state index contributed by atoms with van der Waals surface area (Å²) in [5.41, 5.74) is 2.79. The maximum absolute atomic E-state index is 13.4. The van der Waals surface area contributed by atoms with Crippen LogP contribution in [0.1, 0.15) is 36.9 Å². The van der Waals surface area contributed by atoms with Gasteiger partial charge in [-0.1, -0.05) is 29.8 Å². The number of sulfonamides is 1. The SMILES string of the molecule is CC(=O)N1CCOc2cc(S(=O)(=O)N3CCCC3c3ccc(C)cc3)ccc21. The van der Waals surface area contributed by atoms with Crippen LogP contribution in [0.15, 0.2) is 47.4 Å². The number of carbonyl (C=O) groups is 1. The molecule has 0 saturated carbocycles. The fourth-order valence-electron chi connectivity index (χ4n) is 3.97. The maximum atomic E-state index is 13.4. The Morgan fingerprint density at radius 3 is 2.57 bits per heavy atom. The largest absolute Gasteiger partial charge is 0.489 e. The molecule has 0 bridgehead atoms. The highest BCUT2D eigenvalue weighted by Crippen LogP contribution is 2.39. The zero-order valence-corrected chi connectivity index (χ0v) is 16.9. The van der Waals surface area contributed by atoms with Crippen LogP contribution >= 0.6 is 0 Å². The van der Waals surface area contributed by atoms with E-state index in [-0.39, 0.29) is 16.8 Å². The van der Waals surface area contributed by atoms with E-state index in [1.807, 2.05) is 31.2 Å². The monoisotopic (exact) mass is 400 g/mol. The van der Waals surface area contributed by atoms with E-state index in [1.54, 1.807) is 27.4 Å². The van der Waals surface area contributed by atoms with Crippen molar-refractivity contribution in [1.29, 1.82) is 0 Å². The lowest BCUT2D eigenvalue weighted by atomic mass is 10.0. The summed E-state index contributed by atoms with van der Waals surface area (Å²) in [7, 11) is -3.67. The smallest absolute Gasteiger partial charge is 0.243 e. The van der Waals surface area contributed by atoms with Crippen molar-refractivity contribution in [3.8, 4) is 5.75 Å². The van der Waals surface area contributed by atoms with Gasteiger partial charge in [-0.05, 0) is 37.5 Å². The van der Waals surface area contributed by atoms with Crippen molar-refractivity contribution in [2.24, 2.45) is 0 Å². The molecule has 0 spiro atoms. The Balaban J connectivity index is 1.68. The number of rotatable bonds is 3. The number of fused-ring (bicyclic) bond motifs is 1. The van der Waals surface area contributed by atoms with Gasteiger partial charge in [0.2, 0.25) is 15.9 Å². The summed E-state index contributed by atoms with van der Waals surface area (Å²) in [4.78, 5) is 13.6. The van der Waals surface area contributed by atoms with Crippen molar-refractivity contribution >= 4 is 21.6 Å². The van der Waals surface area contributed by atoms with Crippen LogP contribution in [-0.2, 0) is 14.8 Å². The lowest BCUT2D eigenvalue weighted by Crippen LogP contribution is -2.36. The normalized spacial score (nSPS) is 19.9. The molecule has 0 aliphatic carbocycles. The van der Waals surface area contributed by atoms with Crippen LogP contribution in [-0.4, -0.2) is 38.3 Å². The Bertz CT molecular complexity index is 1000. The molecule has 1 unspecified atom stereocenters. The molecule has 1 fully saturated rings. The highest BCUT2D eigenvalue weighted by atomic mass is 32.2. The molecule has 2 aliphatic heterocycles. The van der Waals surface area contributed by atoms with E-state index in [1.165, 1.54) is 6.92 Å². The van der Waals surface area contributed by atoms with Crippen molar-refractivity contribution in [2.45, 2.75) is 37.6 Å². The summed E-state index contributed by atoms with van der Waals surface area (Å²) in [6.45, 7) is 4.83. The van der Waals surface area contributed by atoms with E-state index in [9.17, 15) is 13.2 Å². The van der Waals surface area contributed by atoms with Crippen molar-refractivity contribution in [1.82, 2.24) is 4.31 Å². The van der Waals surface area contributed by atoms with Gasteiger partial charge in [-0.15, -0.1) is 0 Å². The fourth-order valence-corrected chi connectivity index (χ4v) is 5.67. The summed E-state index contributed by atoms with van der Waals surface area (Å²) in [5.74, 6) is 0.354. The predicted octanol–water partition coefficient (Wildman–Crippen LogP) is 3.27. The number of ether oxygens (including phenoxy) is 1. The number of amides is 1. The third kappa shape index (κ3) is 3.29. The summed E-state index contributed by atoms with van der Waals surface area (Å²) in [6, 6.07) is 12.7. The minimum Gasteiger partial charge on any atom is -0.489 e. The van der Waals surface area contributed by atoms with Gasteiger partial charge >= 0.3 is 0 Å². The number of carbonyl (C=O) groups excluding carboxylic acids is 1. The topological polar surface area (TPSA) is 66.9 Å². The molecule has 6 nitrogen and oxygen atoms in total. The third-order valence-electron chi connectivity index (χ3n) is 5.45. The Kier molecular flexibility index (Phi) is 4.89. The second kappa shape index (κ2) is 7.22. The first kappa shape index (κ1) is 19.0. The number of anilines is 1. The maximum Gasteiger partial charge on any atom is 0.243 e. The van der Waals surface area contributed by atoms with Gasteiger partial charge in [-0.3, -0.25) is 4.79 Å². The van der Waals surface area contributed by atoms with Gasteiger partial charge in [0.15, 0.2) is 0 Å². The van der Waals surface area contributed by atoms with Gasteiger partial charge < -0.3 is 9.64 Å². The molecule has 2 heterocycles. The summed E-state index contributed by atoms with van der Waals surface area (Å²) >= 11 is 0. The zero-order valence-electron chi connectivity index (χ0n) is 16.1. The van der Waals surface area contributed by atoms with E-state index in [4.69, 9.17) is 4.74 Å². The fraction of sp³-hybridized carbons (Fsp3) is 0.381. The Labute approximate surface area is 165 Å². The zero-order chi connectivity index (χ0) is 19.9. The number of hydrogen-bond acceptors (Lipinski definition) is 4. The molecule has 1 atom stereocenters. The van der Waals surface area contributed by atoms with E-state index in [0.29, 0.717) is 31.1 Å². The molecule has 0 aromatic heterocycles. The molecule has 1 amide bonds. The molecule has 1 saturated heterocycles. The Morgan fingerprint density at radius 2 is 1.86 bits per heavy atom. The standard InChI is InChI=1S/C21H24N2O4S/c1-15-5-7-17(8-6-15)19-4-3-11-23(19)28(25,26)18-9-10-20-21(14-18)27-13-12-22(20)16(2)24/h5-10,14,19H,3-4,11-13H2,1-2H3. The van der Waals surface area contributed by atoms with Crippen LogP contribution in [0, 0.1) is 6.92 Å². The van der Waals surface area contributed by atoms with Crippen LogP contribution in [0.3, 0.4) is 0 Å². The van der Waals surface area contributed by atoms with Crippen molar-refractivity contribution in [2.75, 3.05) is 24.6 Å². The molecule has 2 aromatic rings. The first-order valence-corrected chi connectivity index (χ1v) is 11.0. The third-order valence-corrected chi connectivity index (χ3v) is 7.35. The second-order valence-electron chi connectivity index (χ2n) is 7.33. The molecule has 2 aliphatic rings. The van der Waals surface area contributed by atoms with Gasteiger partial charge in [0.05, 0.1) is 23.2 Å². The first-order chi connectivity index (χ1) is 13.4. The molecule has 4 rings (SSSR count). The van der Waals surface area contributed by atoms with E-state index < -0.39 is 10.0 Å². The van der Waals surface area contributed by atoms with Gasteiger partial charge in [0.1, 0.15) is 12.4 Å². The highest BCUT2D eigenvalue weighted by Gasteiger charge is 2.37. The molecule has 148 valence electrons. The molecule has 28 heavy (non-hydrogen) atoms. The average Bonchev–Trinajstić information content (AvgIpc) is 3.18. The minimum atomic E-state index is -3.67. The van der Waals surface area contributed by atoms with Crippen molar-refractivity contribution in [3.63, 3.8) is 0 Å². The molecule has 2 aromatic carbocycles. The molecule has 0 N–H and O–H groups in total. The predicted molar refractivity (Wildman–Crippen MR) is 107 cm³/mol. The lowest BCUT2D eigenvalue weighted by Gasteiger charge is -2.30. The van der Waals surface area contributed by atoms with Crippen LogP contribution < -0.4 is 9.64 Å². The molecule has 7 heteroatoms. The first-order valence-electron chi connectivity index (χ1n) is 9.51. The second-order valence-corrected chi connectivity index (χ2v) is 9.22. The van der Waals surface area contributed by atoms with Gasteiger partial charge in [0.25, 0.3) is 0 Å². The minimum absolute atomic E-state index is 0.0841. The average molecular weight is 401 g/mol. The van der Waals surface area contributed by atoms with E-state index >= 15 is 0 Å². The summed E-state index contributed by atoms with van der Waals surface area (Å²) < 4.78 is 34.0. The number of hydrogen-bond donors (Lipinski definition) is 0. The van der Waals surface area contributed by atoms with Crippen molar-refractivity contribution < 1.29 is 17.9 Å². The summed E-state index contributed by atoms with van der Waals surface area (Å²) in [6.07, 6.45) is 1.64. The van der Waals surface area contributed by atoms with Crippen LogP contribution in [0.25, 0.3) is 0 Å². The number of aryl methyl sites for hydroxylation is 1. The van der Waals surface area contributed by atoms with Crippen LogP contribution in [0.4, 0.5) is 5.69 Å². The van der Waals surface area contributed by atoms with E-state index in [2.05, 4.69) is 0 Å². The number of benzene rings is 2. The number of nitrogens with zero attached hydrogens (tertiary/aromatic N) is 2. The van der Waals surface area contributed by atoms with Crippen LogP contribution in [0.5, 0.6) is 5.75 Å². The molecular weight excluding hydrogens is 376 g/mol. The van der Waals surface area contributed by atoms with Gasteiger partial charge in [-0.2, -0.15) is 4.31 Å². The Morgan fingerprint density at radius 1 is 1.11 bits per heavy atom. The van der Waals surface area contributed by atoms with Crippen LogP contribution in [0.2, 0.25) is 0 Å². The summed E-state index contributed by atoms with van der Waals surface area (Å²) in [5, 5.41) is 0.